The Bertz CT molecular complexity index is 865. The van der Waals surface area contributed by atoms with Gasteiger partial charge in [-0.25, -0.2) is 9.50 Å². The molecule has 0 aliphatic heterocycles. The van der Waals surface area contributed by atoms with Crippen molar-refractivity contribution in [3.05, 3.63) is 65.6 Å². The van der Waals surface area contributed by atoms with Gasteiger partial charge in [0.1, 0.15) is 5.75 Å². The first kappa shape index (κ1) is 14.0. The van der Waals surface area contributed by atoms with Crippen LogP contribution in [0.2, 0.25) is 0 Å². The van der Waals surface area contributed by atoms with Crippen molar-refractivity contribution in [2.24, 2.45) is 0 Å². The van der Waals surface area contributed by atoms with E-state index in [-0.39, 0.29) is 5.78 Å². The highest BCUT2D eigenvalue weighted by molar-refractivity contribution is 6.09. The van der Waals surface area contributed by atoms with Crippen LogP contribution in [0.3, 0.4) is 0 Å². The molecule has 5 nitrogen and oxygen atoms in total. The minimum Gasteiger partial charge on any atom is -0.496 e. The molecule has 5 heteroatoms. The van der Waals surface area contributed by atoms with Crippen LogP contribution in [0.25, 0.3) is 11.7 Å². The number of ether oxygens (including phenoxy) is 1. The number of nitrogens with zero attached hydrogens (tertiary/aromatic N) is 3. The third-order valence-electron chi connectivity index (χ3n) is 3.34. The molecule has 0 N–H and O–H groups in total. The van der Waals surface area contributed by atoms with Gasteiger partial charge in [-0.3, -0.25) is 4.79 Å². The summed E-state index contributed by atoms with van der Waals surface area (Å²) in [5, 5.41) is 4.18. The Morgan fingerprint density at radius 3 is 3.05 bits per heavy atom. The largest absolute Gasteiger partial charge is 0.496 e. The normalized spacial score (nSPS) is 11.2. The summed E-state index contributed by atoms with van der Waals surface area (Å²) < 4.78 is 6.91. The van der Waals surface area contributed by atoms with Crippen molar-refractivity contribution in [2.45, 2.75) is 6.92 Å². The lowest BCUT2D eigenvalue weighted by Crippen LogP contribution is -1.99. The highest BCUT2D eigenvalue weighted by Crippen LogP contribution is 2.21. The number of carbonyl (C=O) groups excluding carboxylic acids is 1. The van der Waals surface area contributed by atoms with Crippen LogP contribution >= 0.6 is 0 Å². The van der Waals surface area contributed by atoms with Crippen molar-refractivity contribution in [3.63, 3.8) is 0 Å². The zero-order valence-electron chi connectivity index (χ0n) is 12.4. The summed E-state index contributed by atoms with van der Waals surface area (Å²) >= 11 is 0. The molecular weight excluding hydrogens is 278 g/mol. The molecule has 2 heterocycles. The predicted octanol–water partition coefficient (Wildman–Crippen LogP) is 2.94. The number of ketones is 1. The molecule has 110 valence electrons. The second-order valence-electron chi connectivity index (χ2n) is 4.89. The Labute approximate surface area is 127 Å². The lowest BCUT2D eigenvalue weighted by atomic mass is 10.1. The van der Waals surface area contributed by atoms with Crippen LogP contribution in [0.4, 0.5) is 0 Å². The molecule has 2 aromatic heterocycles. The van der Waals surface area contributed by atoms with Crippen molar-refractivity contribution in [3.8, 4) is 5.75 Å². The van der Waals surface area contributed by atoms with E-state index in [0.717, 1.165) is 11.1 Å². The van der Waals surface area contributed by atoms with Crippen molar-refractivity contribution >= 4 is 17.5 Å². The molecule has 0 unspecified atom stereocenters. The van der Waals surface area contributed by atoms with Gasteiger partial charge in [-0.2, -0.15) is 5.10 Å². The second kappa shape index (κ2) is 5.81. The summed E-state index contributed by atoms with van der Waals surface area (Å²) in [5.41, 5.74) is 3.06. The maximum Gasteiger partial charge on any atom is 0.189 e. The van der Waals surface area contributed by atoms with Gasteiger partial charge in [0, 0.05) is 18.0 Å². The number of rotatable bonds is 4. The summed E-state index contributed by atoms with van der Waals surface area (Å²) in [7, 11) is 1.56. The van der Waals surface area contributed by atoms with Crippen LogP contribution < -0.4 is 4.74 Å². The van der Waals surface area contributed by atoms with Crippen molar-refractivity contribution in [2.75, 3.05) is 7.11 Å². The van der Waals surface area contributed by atoms with Crippen LogP contribution in [-0.4, -0.2) is 27.5 Å². The van der Waals surface area contributed by atoms with Gasteiger partial charge in [0.25, 0.3) is 0 Å². The van der Waals surface area contributed by atoms with Crippen LogP contribution in [0.15, 0.2) is 48.9 Å². The van der Waals surface area contributed by atoms with E-state index < -0.39 is 0 Å². The Kier molecular flexibility index (Phi) is 3.70. The van der Waals surface area contributed by atoms with Gasteiger partial charge in [-0.1, -0.05) is 11.6 Å². The number of hydrogen-bond donors (Lipinski definition) is 0. The molecule has 1 aromatic carbocycles. The molecule has 0 aliphatic carbocycles. The van der Waals surface area contributed by atoms with E-state index in [2.05, 4.69) is 10.1 Å². The molecule has 0 fully saturated rings. The second-order valence-corrected chi connectivity index (χ2v) is 4.89. The number of carbonyl (C=O) groups is 1. The molecule has 0 aliphatic rings. The lowest BCUT2D eigenvalue weighted by Gasteiger charge is -2.06. The first-order chi connectivity index (χ1) is 10.7. The highest BCUT2D eigenvalue weighted by Gasteiger charge is 2.10. The molecular formula is C17H15N3O2. The topological polar surface area (TPSA) is 56.5 Å². The van der Waals surface area contributed by atoms with E-state index in [9.17, 15) is 4.79 Å². The summed E-state index contributed by atoms with van der Waals surface area (Å²) in [6, 6.07) is 7.33. The lowest BCUT2D eigenvalue weighted by molar-refractivity contribution is 0.104. The number of aryl methyl sites for hydroxylation is 1. The molecule has 3 aromatic rings. The van der Waals surface area contributed by atoms with Crippen molar-refractivity contribution in [1.29, 1.82) is 0 Å². The van der Waals surface area contributed by atoms with Crippen LogP contribution in [-0.2, 0) is 0 Å². The van der Waals surface area contributed by atoms with Gasteiger partial charge in [-0.05, 0) is 37.3 Å². The summed E-state index contributed by atoms with van der Waals surface area (Å²) in [4.78, 5) is 16.6. The van der Waals surface area contributed by atoms with Crippen molar-refractivity contribution in [1.82, 2.24) is 14.6 Å². The van der Waals surface area contributed by atoms with E-state index in [0.29, 0.717) is 17.0 Å². The Morgan fingerprint density at radius 2 is 2.23 bits per heavy atom. The third-order valence-corrected chi connectivity index (χ3v) is 3.34. The van der Waals surface area contributed by atoms with Gasteiger partial charge in [0.05, 0.1) is 18.9 Å². The first-order valence-corrected chi connectivity index (χ1v) is 6.84. The van der Waals surface area contributed by atoms with Crippen molar-refractivity contribution < 1.29 is 9.53 Å². The number of aromatic nitrogens is 3. The molecule has 0 atom stereocenters. The average molecular weight is 293 g/mol. The maximum atomic E-state index is 12.4. The Balaban J connectivity index is 1.92. The quantitative estimate of drug-likeness (QED) is 0.548. The SMILES string of the molecule is COc1ccc(C)cc1C(=O)/C=C/c1cnn2cccnc12. The molecule has 22 heavy (non-hydrogen) atoms. The number of hydrogen-bond acceptors (Lipinski definition) is 4. The van der Waals surface area contributed by atoms with E-state index in [1.807, 2.05) is 25.3 Å². The smallest absolute Gasteiger partial charge is 0.189 e. The number of methoxy groups -OCH3 is 1. The monoisotopic (exact) mass is 293 g/mol. The number of allylic oxidation sites excluding steroid dienone is 1. The number of benzene rings is 1. The highest BCUT2D eigenvalue weighted by atomic mass is 16.5. The van der Waals surface area contributed by atoms with Crippen LogP contribution in [0.1, 0.15) is 21.5 Å². The molecule has 0 saturated heterocycles. The van der Waals surface area contributed by atoms with Gasteiger partial charge in [-0.15, -0.1) is 0 Å². The van der Waals surface area contributed by atoms with E-state index in [4.69, 9.17) is 4.74 Å². The van der Waals surface area contributed by atoms with Crippen LogP contribution in [0, 0.1) is 6.92 Å². The third kappa shape index (κ3) is 2.61. The fraction of sp³-hybridized carbons (Fsp3) is 0.118. The Morgan fingerprint density at radius 1 is 1.36 bits per heavy atom. The predicted molar refractivity (Wildman–Crippen MR) is 84.1 cm³/mol. The minimum absolute atomic E-state index is 0.115. The summed E-state index contributed by atoms with van der Waals surface area (Å²) in [6.45, 7) is 1.94. The average Bonchev–Trinajstić information content (AvgIpc) is 2.96. The van der Waals surface area contributed by atoms with Gasteiger partial charge < -0.3 is 4.74 Å². The Hall–Kier alpha value is -2.95. The van der Waals surface area contributed by atoms with E-state index >= 15 is 0 Å². The fourth-order valence-electron chi connectivity index (χ4n) is 2.23. The van der Waals surface area contributed by atoms with Gasteiger partial charge >= 0.3 is 0 Å². The summed E-state index contributed by atoms with van der Waals surface area (Å²) in [5.74, 6) is 0.453. The molecule has 0 radical (unpaired) electrons. The van der Waals surface area contributed by atoms with Crippen LogP contribution in [0.5, 0.6) is 5.75 Å². The minimum atomic E-state index is -0.115. The summed E-state index contributed by atoms with van der Waals surface area (Å²) in [6.07, 6.45) is 8.42. The molecule has 0 spiro atoms. The van der Waals surface area contributed by atoms with Gasteiger partial charge in [0.2, 0.25) is 0 Å². The molecule has 0 saturated carbocycles. The van der Waals surface area contributed by atoms with E-state index in [1.54, 1.807) is 42.2 Å². The zero-order valence-corrected chi connectivity index (χ0v) is 12.4. The molecule has 0 bridgehead atoms. The zero-order chi connectivity index (χ0) is 15.5. The number of fused-ring (bicyclic) bond motifs is 1. The fourth-order valence-corrected chi connectivity index (χ4v) is 2.23. The first-order valence-electron chi connectivity index (χ1n) is 6.84. The standard InChI is InChI=1S/C17H15N3O2/c1-12-4-7-16(22-2)14(10-12)15(21)6-5-13-11-19-20-9-3-8-18-17(13)20/h3-11H,1-2H3/b6-5+. The molecule has 0 amide bonds. The molecule has 3 rings (SSSR count). The van der Waals surface area contributed by atoms with Gasteiger partial charge in [0.15, 0.2) is 11.4 Å². The maximum absolute atomic E-state index is 12.4. The van der Waals surface area contributed by atoms with E-state index in [1.165, 1.54) is 6.08 Å².